The molecule has 1 fully saturated rings. The van der Waals surface area contributed by atoms with Crippen LogP contribution in [0.25, 0.3) is 0 Å². The Morgan fingerprint density at radius 3 is 2.57 bits per heavy atom. The highest BCUT2D eigenvalue weighted by Gasteiger charge is 2.36. The van der Waals surface area contributed by atoms with Gasteiger partial charge in [-0.25, -0.2) is 0 Å². The molecule has 0 heterocycles. The average molecular weight is 207 g/mol. The van der Waals surface area contributed by atoms with Crippen LogP contribution < -0.4 is 5.73 Å². The van der Waals surface area contributed by atoms with Crippen molar-refractivity contribution in [2.45, 2.75) is 36.1 Å². The van der Waals surface area contributed by atoms with Crippen LogP contribution >= 0.6 is 11.8 Å². The predicted molar refractivity (Wildman–Crippen MR) is 62.6 cm³/mol. The molecule has 1 nitrogen and oxygen atoms in total. The maximum atomic E-state index is 6.02. The van der Waals surface area contributed by atoms with Gasteiger partial charge >= 0.3 is 0 Å². The first-order chi connectivity index (χ1) is 6.79. The van der Waals surface area contributed by atoms with Gasteiger partial charge in [0.2, 0.25) is 0 Å². The van der Waals surface area contributed by atoms with Crippen molar-refractivity contribution in [1.82, 2.24) is 0 Å². The summed E-state index contributed by atoms with van der Waals surface area (Å²) >= 11 is 1.93. The van der Waals surface area contributed by atoms with Crippen LogP contribution in [0.3, 0.4) is 0 Å². The molecule has 0 amide bonds. The zero-order valence-corrected chi connectivity index (χ0v) is 9.22. The summed E-state index contributed by atoms with van der Waals surface area (Å²) in [5, 5.41) is 0. The van der Waals surface area contributed by atoms with Gasteiger partial charge in [0.25, 0.3) is 0 Å². The Hall–Kier alpha value is -0.470. The molecule has 1 aromatic carbocycles. The van der Waals surface area contributed by atoms with E-state index < -0.39 is 0 Å². The first-order valence-corrected chi connectivity index (χ1v) is 6.24. The second-order valence-corrected chi connectivity index (χ2v) is 5.30. The Balaban J connectivity index is 1.63. The number of hydrogen-bond donors (Lipinski definition) is 1. The fraction of sp³-hybridized carbons (Fsp3) is 0.500. The summed E-state index contributed by atoms with van der Waals surface area (Å²) in [6.45, 7) is 0. The highest BCUT2D eigenvalue weighted by molar-refractivity contribution is 7.99. The third-order valence-electron chi connectivity index (χ3n) is 2.72. The number of hydrogen-bond acceptors (Lipinski definition) is 2. The molecular formula is C12H17NS. The fourth-order valence-electron chi connectivity index (χ4n) is 1.54. The SMILES string of the molecule is NC1(CCCSc2ccccc2)CC1. The summed E-state index contributed by atoms with van der Waals surface area (Å²) < 4.78 is 0. The molecule has 0 unspecified atom stereocenters. The van der Waals surface area contributed by atoms with E-state index in [9.17, 15) is 0 Å². The minimum atomic E-state index is 0.233. The molecule has 0 aromatic heterocycles. The first-order valence-electron chi connectivity index (χ1n) is 5.25. The molecule has 0 aliphatic heterocycles. The molecule has 1 aliphatic rings. The van der Waals surface area contributed by atoms with Gasteiger partial charge in [-0.3, -0.25) is 0 Å². The lowest BCUT2D eigenvalue weighted by Crippen LogP contribution is -2.21. The van der Waals surface area contributed by atoms with Gasteiger partial charge in [0.15, 0.2) is 0 Å². The normalized spacial score (nSPS) is 18.1. The van der Waals surface area contributed by atoms with Crippen LogP contribution in [-0.2, 0) is 0 Å². The molecule has 2 heteroatoms. The van der Waals surface area contributed by atoms with E-state index in [1.165, 1.54) is 36.3 Å². The van der Waals surface area contributed by atoms with E-state index in [0.717, 1.165) is 0 Å². The molecule has 1 aromatic rings. The summed E-state index contributed by atoms with van der Waals surface area (Å²) in [5.74, 6) is 1.20. The van der Waals surface area contributed by atoms with Gasteiger partial charge in [0.05, 0.1) is 0 Å². The Morgan fingerprint density at radius 2 is 1.93 bits per heavy atom. The second-order valence-electron chi connectivity index (χ2n) is 4.13. The maximum absolute atomic E-state index is 6.02. The first kappa shape index (κ1) is 10.1. The average Bonchev–Trinajstić information content (AvgIpc) is 2.94. The summed E-state index contributed by atoms with van der Waals surface area (Å²) in [6.07, 6.45) is 4.93. The largest absolute Gasteiger partial charge is 0.325 e. The summed E-state index contributed by atoms with van der Waals surface area (Å²) in [7, 11) is 0. The third-order valence-corrected chi connectivity index (χ3v) is 3.82. The van der Waals surface area contributed by atoms with Crippen molar-refractivity contribution in [3.05, 3.63) is 30.3 Å². The van der Waals surface area contributed by atoms with E-state index >= 15 is 0 Å². The lowest BCUT2D eigenvalue weighted by Gasteiger charge is -2.07. The standard InChI is InChI=1S/C12H17NS/c13-12(8-9-12)7-4-10-14-11-5-2-1-3-6-11/h1-3,5-6H,4,7-10,13H2. The predicted octanol–water partition coefficient (Wildman–Crippen LogP) is 3.05. The quantitative estimate of drug-likeness (QED) is 0.593. The second kappa shape index (κ2) is 4.37. The molecule has 76 valence electrons. The van der Waals surface area contributed by atoms with Gasteiger partial charge in [0, 0.05) is 10.4 Å². The van der Waals surface area contributed by atoms with Crippen molar-refractivity contribution in [2.24, 2.45) is 5.73 Å². The van der Waals surface area contributed by atoms with Crippen molar-refractivity contribution in [3.8, 4) is 0 Å². The monoisotopic (exact) mass is 207 g/mol. The summed E-state index contributed by atoms with van der Waals surface area (Å²) in [4.78, 5) is 1.37. The minimum Gasteiger partial charge on any atom is -0.325 e. The van der Waals surface area contributed by atoms with E-state index in [1.807, 2.05) is 11.8 Å². The van der Waals surface area contributed by atoms with E-state index in [0.29, 0.717) is 0 Å². The Kier molecular flexibility index (Phi) is 3.14. The molecule has 2 rings (SSSR count). The van der Waals surface area contributed by atoms with Crippen LogP contribution in [0.2, 0.25) is 0 Å². The van der Waals surface area contributed by atoms with Gasteiger partial charge in [-0.1, -0.05) is 18.2 Å². The van der Waals surface area contributed by atoms with E-state index in [1.54, 1.807) is 0 Å². The minimum absolute atomic E-state index is 0.233. The number of rotatable bonds is 5. The lowest BCUT2D eigenvalue weighted by atomic mass is 10.1. The zero-order valence-electron chi connectivity index (χ0n) is 8.41. The van der Waals surface area contributed by atoms with E-state index in [4.69, 9.17) is 5.73 Å². The van der Waals surface area contributed by atoms with E-state index in [2.05, 4.69) is 30.3 Å². The Morgan fingerprint density at radius 1 is 1.21 bits per heavy atom. The smallest absolute Gasteiger partial charge is 0.0156 e. The van der Waals surface area contributed by atoms with Gasteiger partial charge in [0.1, 0.15) is 0 Å². The van der Waals surface area contributed by atoms with Crippen molar-refractivity contribution in [3.63, 3.8) is 0 Å². The molecule has 0 atom stereocenters. The van der Waals surface area contributed by atoms with Gasteiger partial charge in [-0.15, -0.1) is 11.8 Å². The zero-order chi connectivity index (χ0) is 9.86. The van der Waals surface area contributed by atoms with Crippen molar-refractivity contribution < 1.29 is 0 Å². The topological polar surface area (TPSA) is 26.0 Å². The van der Waals surface area contributed by atoms with Crippen LogP contribution in [0.15, 0.2) is 35.2 Å². The molecule has 1 saturated carbocycles. The highest BCUT2D eigenvalue weighted by Crippen LogP contribution is 2.37. The summed E-state index contributed by atoms with van der Waals surface area (Å²) in [6, 6.07) is 10.6. The lowest BCUT2D eigenvalue weighted by molar-refractivity contribution is 0.601. The number of nitrogens with two attached hydrogens (primary N) is 1. The van der Waals surface area contributed by atoms with Crippen LogP contribution in [0, 0.1) is 0 Å². The van der Waals surface area contributed by atoms with Crippen molar-refractivity contribution in [1.29, 1.82) is 0 Å². The van der Waals surface area contributed by atoms with Gasteiger partial charge in [-0.05, 0) is 43.6 Å². The van der Waals surface area contributed by atoms with Gasteiger partial charge < -0.3 is 5.73 Å². The van der Waals surface area contributed by atoms with Crippen molar-refractivity contribution >= 4 is 11.8 Å². The molecular weight excluding hydrogens is 190 g/mol. The Labute approximate surface area is 90.1 Å². The van der Waals surface area contributed by atoms with E-state index in [-0.39, 0.29) is 5.54 Å². The molecule has 0 radical (unpaired) electrons. The molecule has 14 heavy (non-hydrogen) atoms. The summed E-state index contributed by atoms with van der Waals surface area (Å²) in [5.41, 5.74) is 6.25. The molecule has 0 spiro atoms. The molecule has 0 saturated heterocycles. The highest BCUT2D eigenvalue weighted by atomic mass is 32.2. The third kappa shape index (κ3) is 3.03. The van der Waals surface area contributed by atoms with Crippen LogP contribution in [-0.4, -0.2) is 11.3 Å². The van der Waals surface area contributed by atoms with Crippen LogP contribution in [0.4, 0.5) is 0 Å². The molecule has 2 N–H and O–H groups in total. The Bertz CT molecular complexity index is 280. The fourth-order valence-corrected chi connectivity index (χ4v) is 2.42. The number of thioether (sulfide) groups is 1. The molecule has 0 bridgehead atoms. The molecule has 1 aliphatic carbocycles. The number of benzene rings is 1. The van der Waals surface area contributed by atoms with Crippen LogP contribution in [0.1, 0.15) is 25.7 Å². The van der Waals surface area contributed by atoms with Crippen molar-refractivity contribution in [2.75, 3.05) is 5.75 Å². The maximum Gasteiger partial charge on any atom is 0.0156 e. The van der Waals surface area contributed by atoms with Crippen LogP contribution in [0.5, 0.6) is 0 Å². The van der Waals surface area contributed by atoms with Gasteiger partial charge in [-0.2, -0.15) is 0 Å².